The Bertz CT molecular complexity index is 1420. The number of amides is 2. The molecule has 2 bridgehead atoms. The predicted octanol–water partition coefficient (Wildman–Crippen LogP) is 5.40. The van der Waals surface area contributed by atoms with Crippen molar-refractivity contribution in [3.05, 3.63) is 101 Å². The van der Waals surface area contributed by atoms with Gasteiger partial charge in [-0.05, 0) is 85.1 Å². The zero-order valence-corrected chi connectivity index (χ0v) is 25.3. The van der Waals surface area contributed by atoms with Gasteiger partial charge in [0.1, 0.15) is 24.5 Å². The van der Waals surface area contributed by atoms with Crippen molar-refractivity contribution in [1.29, 1.82) is 0 Å². The van der Waals surface area contributed by atoms with Crippen molar-refractivity contribution in [3.63, 3.8) is 0 Å². The Morgan fingerprint density at radius 1 is 0.909 bits per heavy atom. The van der Waals surface area contributed by atoms with Gasteiger partial charge in [-0.15, -0.1) is 0 Å². The Labute approximate surface area is 258 Å². The zero-order chi connectivity index (χ0) is 31.1. The molecule has 0 aliphatic carbocycles. The summed E-state index contributed by atoms with van der Waals surface area (Å²) in [6, 6.07) is 22.9. The van der Waals surface area contributed by atoms with Crippen molar-refractivity contribution in [1.82, 2.24) is 15.5 Å². The van der Waals surface area contributed by atoms with Gasteiger partial charge in [-0.25, -0.2) is 9.59 Å². The third-order valence-corrected chi connectivity index (χ3v) is 8.37. The van der Waals surface area contributed by atoms with E-state index in [0.29, 0.717) is 23.7 Å². The van der Waals surface area contributed by atoms with E-state index in [2.05, 4.69) is 15.5 Å². The molecule has 3 atom stereocenters. The first kappa shape index (κ1) is 31.1. The first-order valence-electron chi connectivity index (χ1n) is 15.3. The monoisotopic (exact) mass is 599 g/mol. The first-order valence-corrected chi connectivity index (χ1v) is 15.3. The number of carbonyl (C=O) groups excluding carboxylic acids is 2. The first-order chi connectivity index (χ1) is 21.2. The Kier molecular flexibility index (Phi) is 10.2. The van der Waals surface area contributed by atoms with Gasteiger partial charge in [0.15, 0.2) is 0 Å². The van der Waals surface area contributed by atoms with Gasteiger partial charge in [0.2, 0.25) is 0 Å². The number of ether oxygens (including phenoxy) is 2. The number of carboxylic acid groups (broad SMARTS) is 1. The molecule has 232 valence electrons. The number of alkyl carbamates (subject to hydrolysis) is 1. The largest absolute Gasteiger partial charge is 0.489 e. The van der Waals surface area contributed by atoms with Crippen LogP contribution in [0.5, 0.6) is 5.75 Å². The number of carbonyl (C=O) groups is 3. The van der Waals surface area contributed by atoms with Crippen molar-refractivity contribution in [3.8, 4) is 5.75 Å². The predicted molar refractivity (Wildman–Crippen MR) is 166 cm³/mol. The summed E-state index contributed by atoms with van der Waals surface area (Å²) in [6.07, 6.45) is 1.98. The van der Waals surface area contributed by atoms with Gasteiger partial charge in [-0.1, -0.05) is 68.4 Å². The van der Waals surface area contributed by atoms with Crippen LogP contribution in [0.3, 0.4) is 0 Å². The number of benzene rings is 3. The SMILES string of the molecule is CC(C)CC(NC(=O)c1ccc(COc2cccc([C@@H](NC(=O)O[C@H]3CN4CCC3CC4)c3ccccc3)c2)cc1)C(=O)O. The van der Waals surface area contributed by atoms with Gasteiger partial charge >= 0.3 is 12.1 Å². The average Bonchev–Trinajstić information content (AvgIpc) is 3.03. The van der Waals surface area contributed by atoms with E-state index in [-0.39, 0.29) is 18.6 Å². The topological polar surface area (TPSA) is 117 Å². The van der Waals surface area contributed by atoms with E-state index in [4.69, 9.17) is 9.47 Å². The number of nitrogens with one attached hydrogen (secondary N) is 2. The summed E-state index contributed by atoms with van der Waals surface area (Å²) in [6.45, 7) is 7.05. The number of hydrogen-bond acceptors (Lipinski definition) is 6. The highest BCUT2D eigenvalue weighted by atomic mass is 16.6. The van der Waals surface area contributed by atoms with Crippen LogP contribution in [0.2, 0.25) is 0 Å². The van der Waals surface area contributed by atoms with Crippen molar-refractivity contribution < 1.29 is 29.0 Å². The van der Waals surface area contributed by atoms with Crippen LogP contribution in [0, 0.1) is 11.8 Å². The Morgan fingerprint density at radius 2 is 1.61 bits per heavy atom. The molecule has 9 heteroatoms. The van der Waals surface area contributed by atoms with E-state index in [1.807, 2.05) is 68.4 Å². The van der Waals surface area contributed by atoms with E-state index in [1.54, 1.807) is 24.3 Å². The van der Waals surface area contributed by atoms with E-state index in [1.165, 1.54) is 0 Å². The van der Waals surface area contributed by atoms with Gasteiger partial charge in [-0.2, -0.15) is 0 Å². The Morgan fingerprint density at radius 3 is 2.25 bits per heavy atom. The van der Waals surface area contributed by atoms with E-state index < -0.39 is 30.1 Å². The molecule has 0 radical (unpaired) electrons. The highest BCUT2D eigenvalue weighted by Gasteiger charge is 2.37. The molecule has 3 heterocycles. The summed E-state index contributed by atoms with van der Waals surface area (Å²) in [5.74, 6) is -0.278. The highest BCUT2D eigenvalue weighted by molar-refractivity contribution is 5.96. The summed E-state index contributed by atoms with van der Waals surface area (Å²) in [5, 5.41) is 15.1. The molecule has 1 unspecified atom stereocenters. The molecule has 3 fully saturated rings. The second-order valence-electron chi connectivity index (χ2n) is 12.1. The lowest BCUT2D eigenvalue weighted by atomic mass is 9.86. The maximum atomic E-state index is 13.1. The van der Waals surface area contributed by atoms with Crippen molar-refractivity contribution in [2.45, 2.75) is 57.9 Å². The van der Waals surface area contributed by atoms with Crippen molar-refractivity contribution in [2.24, 2.45) is 11.8 Å². The molecule has 6 rings (SSSR count). The number of rotatable bonds is 12. The van der Waals surface area contributed by atoms with Crippen LogP contribution in [0.1, 0.15) is 66.2 Å². The van der Waals surface area contributed by atoms with Gasteiger partial charge in [0.25, 0.3) is 5.91 Å². The summed E-state index contributed by atoms with van der Waals surface area (Å²) in [4.78, 5) is 39.6. The lowest BCUT2D eigenvalue weighted by Crippen LogP contribution is -2.52. The molecular weight excluding hydrogens is 558 g/mol. The molecule has 3 aliphatic rings. The summed E-state index contributed by atoms with van der Waals surface area (Å²) < 4.78 is 12.0. The van der Waals surface area contributed by atoms with E-state index in [9.17, 15) is 19.5 Å². The average molecular weight is 600 g/mol. The molecule has 2 amide bonds. The van der Waals surface area contributed by atoms with E-state index >= 15 is 0 Å². The van der Waals surface area contributed by atoms with Crippen LogP contribution < -0.4 is 15.4 Å². The van der Waals surface area contributed by atoms with Crippen LogP contribution in [0.25, 0.3) is 0 Å². The minimum absolute atomic E-state index is 0.0836. The second-order valence-corrected chi connectivity index (χ2v) is 12.1. The molecule has 0 spiro atoms. The maximum absolute atomic E-state index is 13.1. The van der Waals surface area contributed by atoms with Gasteiger partial charge < -0.3 is 25.2 Å². The van der Waals surface area contributed by atoms with Crippen LogP contribution in [-0.2, 0) is 16.1 Å². The van der Waals surface area contributed by atoms with Crippen LogP contribution in [0.15, 0.2) is 78.9 Å². The lowest BCUT2D eigenvalue weighted by Gasteiger charge is -2.43. The van der Waals surface area contributed by atoms with Gasteiger partial charge in [0.05, 0.1) is 6.04 Å². The normalized spacial score (nSPS) is 20.4. The Hall–Kier alpha value is -4.37. The van der Waals surface area contributed by atoms with Crippen LogP contribution in [0.4, 0.5) is 4.79 Å². The Balaban J connectivity index is 1.22. The molecule has 3 saturated heterocycles. The van der Waals surface area contributed by atoms with Crippen LogP contribution in [-0.4, -0.2) is 59.8 Å². The number of nitrogens with zero attached hydrogens (tertiary/aromatic N) is 1. The fourth-order valence-electron chi connectivity index (χ4n) is 5.98. The van der Waals surface area contributed by atoms with Crippen LogP contribution >= 0.6 is 0 Å². The third-order valence-electron chi connectivity index (χ3n) is 8.37. The van der Waals surface area contributed by atoms with Gasteiger partial charge in [0, 0.05) is 12.1 Å². The minimum atomic E-state index is -1.05. The summed E-state index contributed by atoms with van der Waals surface area (Å²) >= 11 is 0. The molecule has 9 nitrogen and oxygen atoms in total. The number of hydrogen-bond donors (Lipinski definition) is 3. The molecule has 44 heavy (non-hydrogen) atoms. The molecule has 3 N–H and O–H groups in total. The molecule has 3 aliphatic heterocycles. The number of carboxylic acids is 1. The number of piperidine rings is 3. The fraction of sp³-hybridized carbons (Fsp3) is 0.400. The highest BCUT2D eigenvalue weighted by Crippen LogP contribution is 2.31. The van der Waals surface area contributed by atoms with Gasteiger partial charge in [-0.3, -0.25) is 9.69 Å². The van der Waals surface area contributed by atoms with Crippen molar-refractivity contribution >= 4 is 18.0 Å². The number of fused-ring (bicyclic) bond motifs is 3. The number of aliphatic carboxylic acids is 1. The fourth-order valence-corrected chi connectivity index (χ4v) is 5.98. The standard InChI is InChI=1S/C35H41N3O6/c1-23(2)19-30(34(40)41)36-33(39)27-13-11-24(12-14-27)22-43-29-10-6-9-28(20-29)32(26-7-4-3-5-8-26)37-35(42)44-31-21-38-17-15-25(31)16-18-38/h3-14,20,23,25,30-32H,15-19,21-22H2,1-2H3,(H,36,39)(H,37,42)(H,40,41)/t30?,31-,32-/m0/s1. The zero-order valence-electron chi connectivity index (χ0n) is 25.3. The molecule has 3 aromatic carbocycles. The lowest BCUT2D eigenvalue weighted by molar-refractivity contribution is -0.139. The smallest absolute Gasteiger partial charge is 0.408 e. The molecule has 0 aromatic heterocycles. The molecular formula is C35H41N3O6. The summed E-state index contributed by atoms with van der Waals surface area (Å²) in [5.41, 5.74) is 3.03. The molecule has 0 saturated carbocycles. The third kappa shape index (κ3) is 8.17. The summed E-state index contributed by atoms with van der Waals surface area (Å²) in [7, 11) is 0. The molecule has 3 aromatic rings. The van der Waals surface area contributed by atoms with Crippen molar-refractivity contribution in [2.75, 3.05) is 19.6 Å². The maximum Gasteiger partial charge on any atom is 0.408 e. The quantitative estimate of drug-likeness (QED) is 0.255. The second kappa shape index (κ2) is 14.4. The minimum Gasteiger partial charge on any atom is -0.489 e. The van der Waals surface area contributed by atoms with E-state index in [0.717, 1.165) is 49.2 Å².